The van der Waals surface area contributed by atoms with E-state index in [1.165, 1.54) is 11.3 Å². The lowest BCUT2D eigenvalue weighted by Crippen LogP contribution is -2.34. The SMILES string of the molecule is Cc1ccc(Br)cc1NCCC(C)(C)N. The Balaban J connectivity index is 2.54. The van der Waals surface area contributed by atoms with E-state index in [1.807, 2.05) is 19.9 Å². The van der Waals surface area contributed by atoms with Crippen molar-refractivity contribution >= 4 is 21.6 Å². The van der Waals surface area contributed by atoms with Crippen LogP contribution in [0.5, 0.6) is 0 Å². The third-order valence-corrected chi connectivity index (χ3v) is 2.78. The lowest BCUT2D eigenvalue weighted by atomic mass is 10.0. The average molecular weight is 271 g/mol. The van der Waals surface area contributed by atoms with Crippen LogP contribution in [0.2, 0.25) is 0 Å². The number of hydrogen-bond acceptors (Lipinski definition) is 2. The Bertz CT molecular complexity index is 329. The molecule has 84 valence electrons. The van der Waals surface area contributed by atoms with Gasteiger partial charge in [-0.1, -0.05) is 22.0 Å². The summed E-state index contributed by atoms with van der Waals surface area (Å²) in [6.45, 7) is 7.09. The second-order valence-corrected chi connectivity index (χ2v) is 5.54. The topological polar surface area (TPSA) is 38.0 Å². The van der Waals surface area contributed by atoms with Crippen molar-refractivity contribution in [2.24, 2.45) is 5.73 Å². The fourth-order valence-electron chi connectivity index (χ4n) is 1.30. The molecule has 15 heavy (non-hydrogen) atoms. The molecule has 0 aliphatic heterocycles. The zero-order valence-electron chi connectivity index (χ0n) is 9.60. The van der Waals surface area contributed by atoms with Crippen LogP contribution in [0.25, 0.3) is 0 Å². The number of hydrogen-bond donors (Lipinski definition) is 2. The fraction of sp³-hybridized carbons (Fsp3) is 0.500. The van der Waals surface area contributed by atoms with Crippen molar-refractivity contribution in [2.45, 2.75) is 32.7 Å². The van der Waals surface area contributed by atoms with Gasteiger partial charge in [0.25, 0.3) is 0 Å². The molecule has 1 aromatic rings. The maximum absolute atomic E-state index is 5.92. The summed E-state index contributed by atoms with van der Waals surface area (Å²) in [6, 6.07) is 6.24. The molecule has 0 radical (unpaired) electrons. The number of nitrogens with two attached hydrogens (primary N) is 1. The van der Waals surface area contributed by atoms with Gasteiger partial charge in [0.1, 0.15) is 0 Å². The van der Waals surface area contributed by atoms with Gasteiger partial charge in [-0.05, 0) is 44.9 Å². The normalized spacial score (nSPS) is 11.5. The number of aryl methyl sites for hydroxylation is 1. The predicted octanol–water partition coefficient (Wildman–Crippen LogP) is 3.30. The summed E-state index contributed by atoms with van der Waals surface area (Å²) in [7, 11) is 0. The largest absolute Gasteiger partial charge is 0.385 e. The molecule has 0 unspecified atom stereocenters. The minimum Gasteiger partial charge on any atom is -0.385 e. The summed E-state index contributed by atoms with van der Waals surface area (Å²) in [5, 5.41) is 3.40. The van der Waals surface area contributed by atoms with Crippen molar-refractivity contribution in [3.63, 3.8) is 0 Å². The molecular formula is C12H19BrN2. The van der Waals surface area contributed by atoms with Crippen LogP contribution in [-0.4, -0.2) is 12.1 Å². The van der Waals surface area contributed by atoms with Gasteiger partial charge in [-0.3, -0.25) is 0 Å². The van der Waals surface area contributed by atoms with Gasteiger partial charge < -0.3 is 11.1 Å². The molecule has 3 N–H and O–H groups in total. The van der Waals surface area contributed by atoms with Gasteiger partial charge in [0, 0.05) is 22.2 Å². The van der Waals surface area contributed by atoms with Gasteiger partial charge in [0.05, 0.1) is 0 Å². The molecule has 3 heteroatoms. The van der Waals surface area contributed by atoms with Crippen molar-refractivity contribution in [2.75, 3.05) is 11.9 Å². The highest BCUT2D eigenvalue weighted by molar-refractivity contribution is 9.10. The van der Waals surface area contributed by atoms with Crippen molar-refractivity contribution in [3.05, 3.63) is 28.2 Å². The maximum Gasteiger partial charge on any atom is 0.0381 e. The molecule has 0 heterocycles. The third kappa shape index (κ3) is 4.67. The van der Waals surface area contributed by atoms with Gasteiger partial charge >= 0.3 is 0 Å². The molecule has 0 fully saturated rings. The lowest BCUT2D eigenvalue weighted by molar-refractivity contribution is 0.491. The van der Waals surface area contributed by atoms with Crippen LogP contribution in [0.3, 0.4) is 0 Å². The van der Waals surface area contributed by atoms with Crippen molar-refractivity contribution in [1.82, 2.24) is 0 Å². The summed E-state index contributed by atoms with van der Waals surface area (Å²) in [6.07, 6.45) is 0.957. The number of benzene rings is 1. The first kappa shape index (κ1) is 12.5. The summed E-state index contributed by atoms with van der Waals surface area (Å²) in [5.74, 6) is 0. The van der Waals surface area contributed by atoms with Crippen LogP contribution in [0, 0.1) is 6.92 Å². The zero-order chi connectivity index (χ0) is 11.5. The highest BCUT2D eigenvalue weighted by Gasteiger charge is 2.09. The smallest absolute Gasteiger partial charge is 0.0381 e. The van der Waals surface area contributed by atoms with Gasteiger partial charge in [0.15, 0.2) is 0 Å². The molecule has 0 saturated carbocycles. The minimum atomic E-state index is -0.104. The molecule has 0 atom stereocenters. The molecule has 0 aliphatic rings. The van der Waals surface area contributed by atoms with Crippen molar-refractivity contribution in [3.8, 4) is 0 Å². The Kier molecular flexibility index (Phi) is 4.17. The molecule has 0 amide bonds. The van der Waals surface area contributed by atoms with E-state index in [-0.39, 0.29) is 5.54 Å². The van der Waals surface area contributed by atoms with Gasteiger partial charge in [-0.15, -0.1) is 0 Å². The molecule has 0 bridgehead atoms. The van der Waals surface area contributed by atoms with Crippen LogP contribution in [0.15, 0.2) is 22.7 Å². The summed E-state index contributed by atoms with van der Waals surface area (Å²) < 4.78 is 1.10. The highest BCUT2D eigenvalue weighted by Crippen LogP contribution is 2.20. The first-order valence-electron chi connectivity index (χ1n) is 5.17. The molecule has 2 nitrogen and oxygen atoms in total. The monoisotopic (exact) mass is 270 g/mol. The molecule has 0 aromatic heterocycles. The zero-order valence-corrected chi connectivity index (χ0v) is 11.2. The summed E-state index contributed by atoms with van der Waals surface area (Å²) >= 11 is 3.46. The molecule has 0 aliphatic carbocycles. The number of anilines is 1. The predicted molar refractivity (Wildman–Crippen MR) is 70.3 cm³/mol. The van der Waals surface area contributed by atoms with Crippen LogP contribution in [-0.2, 0) is 0 Å². The summed E-state index contributed by atoms with van der Waals surface area (Å²) in [4.78, 5) is 0. The Hall–Kier alpha value is -0.540. The molecule has 0 saturated heterocycles. The van der Waals surface area contributed by atoms with Gasteiger partial charge in [-0.2, -0.15) is 0 Å². The van der Waals surface area contributed by atoms with E-state index in [1.54, 1.807) is 0 Å². The third-order valence-electron chi connectivity index (χ3n) is 2.28. The molecule has 0 spiro atoms. The highest BCUT2D eigenvalue weighted by atomic mass is 79.9. The van der Waals surface area contributed by atoms with E-state index in [2.05, 4.69) is 40.3 Å². The average Bonchev–Trinajstić information content (AvgIpc) is 2.09. The number of rotatable bonds is 4. The van der Waals surface area contributed by atoms with Crippen LogP contribution in [0.4, 0.5) is 5.69 Å². The Labute approximate surface area is 100 Å². The molecule has 1 aromatic carbocycles. The van der Waals surface area contributed by atoms with E-state index in [0.29, 0.717) is 0 Å². The van der Waals surface area contributed by atoms with Crippen molar-refractivity contribution in [1.29, 1.82) is 0 Å². The van der Waals surface area contributed by atoms with Crippen LogP contribution >= 0.6 is 15.9 Å². The Morgan fingerprint density at radius 2 is 2.07 bits per heavy atom. The van der Waals surface area contributed by atoms with Gasteiger partial charge in [-0.25, -0.2) is 0 Å². The maximum atomic E-state index is 5.92. The molecule has 1 rings (SSSR count). The quantitative estimate of drug-likeness (QED) is 0.881. The first-order valence-corrected chi connectivity index (χ1v) is 5.97. The van der Waals surface area contributed by atoms with Gasteiger partial charge in [0.2, 0.25) is 0 Å². The minimum absolute atomic E-state index is 0.104. The summed E-state index contributed by atoms with van der Waals surface area (Å²) in [5.41, 5.74) is 8.25. The first-order chi connectivity index (χ1) is 6.88. The second kappa shape index (κ2) is 4.99. The van der Waals surface area contributed by atoms with Crippen LogP contribution in [0.1, 0.15) is 25.8 Å². The Morgan fingerprint density at radius 1 is 1.40 bits per heavy atom. The van der Waals surface area contributed by atoms with Crippen molar-refractivity contribution < 1.29 is 0 Å². The fourth-order valence-corrected chi connectivity index (χ4v) is 1.67. The van der Waals surface area contributed by atoms with E-state index in [0.717, 1.165) is 17.4 Å². The Morgan fingerprint density at radius 3 is 2.67 bits per heavy atom. The second-order valence-electron chi connectivity index (χ2n) is 4.62. The van der Waals surface area contributed by atoms with E-state index >= 15 is 0 Å². The van der Waals surface area contributed by atoms with E-state index < -0.39 is 0 Å². The van der Waals surface area contributed by atoms with E-state index in [4.69, 9.17) is 5.73 Å². The standard InChI is InChI=1S/C12H19BrN2/c1-9-4-5-10(13)8-11(9)15-7-6-12(2,3)14/h4-5,8,15H,6-7,14H2,1-3H3. The number of nitrogens with one attached hydrogen (secondary N) is 1. The van der Waals surface area contributed by atoms with E-state index in [9.17, 15) is 0 Å². The van der Waals surface area contributed by atoms with Crippen LogP contribution < -0.4 is 11.1 Å². The lowest BCUT2D eigenvalue weighted by Gasteiger charge is -2.19. The number of halogens is 1. The molecular weight excluding hydrogens is 252 g/mol.